The maximum Gasteiger partial charge on any atom is 0.191 e. The molecule has 3 heterocycles. The first-order chi connectivity index (χ1) is 11.2. The Balaban J connectivity index is 1.31. The Morgan fingerprint density at radius 3 is 2.87 bits per heavy atom. The van der Waals surface area contributed by atoms with Gasteiger partial charge in [0.25, 0.3) is 0 Å². The summed E-state index contributed by atoms with van der Waals surface area (Å²) in [7, 11) is 4.08. The average Bonchev–Trinajstić information content (AvgIpc) is 3.11. The van der Waals surface area contributed by atoms with Gasteiger partial charge in [-0.1, -0.05) is 0 Å². The van der Waals surface area contributed by atoms with Gasteiger partial charge in [0.1, 0.15) is 0 Å². The van der Waals surface area contributed by atoms with E-state index >= 15 is 0 Å². The van der Waals surface area contributed by atoms with E-state index in [0.29, 0.717) is 18.2 Å². The zero-order valence-electron chi connectivity index (χ0n) is 14.8. The molecule has 0 saturated carbocycles. The highest BCUT2D eigenvalue weighted by atomic mass is 16.5. The van der Waals surface area contributed by atoms with E-state index < -0.39 is 0 Å². The molecular weight excluding hydrogens is 290 g/mol. The maximum atomic E-state index is 5.90. The van der Waals surface area contributed by atoms with Gasteiger partial charge < -0.3 is 25.2 Å². The minimum atomic E-state index is 0.396. The van der Waals surface area contributed by atoms with Gasteiger partial charge in [-0.3, -0.25) is 4.99 Å². The predicted molar refractivity (Wildman–Crippen MR) is 94.0 cm³/mol. The Kier molecular flexibility index (Phi) is 6.14. The van der Waals surface area contributed by atoms with E-state index in [1.165, 1.54) is 52.0 Å². The molecule has 0 aliphatic carbocycles. The van der Waals surface area contributed by atoms with Crippen LogP contribution in [0, 0.1) is 0 Å². The second-order valence-corrected chi connectivity index (χ2v) is 7.21. The zero-order chi connectivity index (χ0) is 16.1. The minimum absolute atomic E-state index is 0.396. The van der Waals surface area contributed by atoms with E-state index in [2.05, 4.69) is 32.5 Å². The van der Waals surface area contributed by atoms with Crippen molar-refractivity contribution < 1.29 is 4.74 Å². The molecule has 3 aliphatic heterocycles. The molecule has 0 spiro atoms. The van der Waals surface area contributed by atoms with E-state index in [-0.39, 0.29) is 0 Å². The molecule has 0 aromatic rings. The molecule has 0 amide bonds. The SMILES string of the molecule is CN=C(NCCCN1CCCN(C)CC1)NC1CC2CCC1O2. The molecule has 3 fully saturated rings. The number of nitrogens with one attached hydrogen (secondary N) is 2. The maximum absolute atomic E-state index is 5.90. The van der Waals surface area contributed by atoms with Crippen LogP contribution in [-0.4, -0.2) is 87.4 Å². The highest BCUT2D eigenvalue weighted by molar-refractivity contribution is 5.80. The number of likely N-dealkylation sites (N-methyl/N-ethyl adjacent to an activating group) is 1. The van der Waals surface area contributed by atoms with Crippen LogP contribution in [0.15, 0.2) is 4.99 Å². The standard InChI is InChI=1S/C17H33N5O/c1-18-17(20-15-13-14-5-6-16(15)23-14)19-7-3-9-22-10-4-8-21(2)11-12-22/h14-16H,3-13H2,1-2H3,(H2,18,19,20). The summed E-state index contributed by atoms with van der Waals surface area (Å²) >= 11 is 0. The lowest BCUT2D eigenvalue weighted by atomic mass is 9.96. The summed E-state index contributed by atoms with van der Waals surface area (Å²) in [6.07, 6.45) is 6.90. The number of aliphatic imine (C=N–C) groups is 1. The monoisotopic (exact) mass is 323 g/mol. The first kappa shape index (κ1) is 17.0. The molecule has 0 aromatic carbocycles. The number of rotatable bonds is 5. The fourth-order valence-electron chi connectivity index (χ4n) is 3.99. The van der Waals surface area contributed by atoms with Crippen molar-refractivity contribution in [3.8, 4) is 0 Å². The normalized spacial score (nSPS) is 33.0. The first-order valence-electron chi connectivity index (χ1n) is 9.28. The Morgan fingerprint density at radius 1 is 1.22 bits per heavy atom. The number of nitrogens with zero attached hydrogens (tertiary/aromatic N) is 3. The lowest BCUT2D eigenvalue weighted by Crippen LogP contribution is -2.47. The molecule has 3 aliphatic rings. The Bertz CT molecular complexity index is 402. The van der Waals surface area contributed by atoms with Crippen molar-refractivity contribution in [2.45, 2.75) is 50.4 Å². The van der Waals surface area contributed by atoms with Crippen LogP contribution in [0.3, 0.4) is 0 Å². The smallest absolute Gasteiger partial charge is 0.191 e. The molecule has 0 aromatic heterocycles. The molecule has 6 heteroatoms. The van der Waals surface area contributed by atoms with Gasteiger partial charge in [0.2, 0.25) is 0 Å². The van der Waals surface area contributed by atoms with Crippen molar-refractivity contribution >= 4 is 5.96 Å². The van der Waals surface area contributed by atoms with Gasteiger partial charge in [0, 0.05) is 26.7 Å². The molecule has 132 valence electrons. The van der Waals surface area contributed by atoms with Gasteiger partial charge in [-0.2, -0.15) is 0 Å². The van der Waals surface area contributed by atoms with Crippen LogP contribution >= 0.6 is 0 Å². The van der Waals surface area contributed by atoms with Crippen LogP contribution in [0.1, 0.15) is 32.1 Å². The molecule has 23 heavy (non-hydrogen) atoms. The van der Waals surface area contributed by atoms with Gasteiger partial charge in [-0.25, -0.2) is 0 Å². The summed E-state index contributed by atoms with van der Waals surface area (Å²) in [5, 5.41) is 7.01. The average molecular weight is 323 g/mol. The number of hydrogen-bond donors (Lipinski definition) is 2. The molecule has 2 N–H and O–H groups in total. The quantitative estimate of drug-likeness (QED) is 0.438. The molecular formula is C17H33N5O. The topological polar surface area (TPSA) is 52.1 Å². The molecule has 3 unspecified atom stereocenters. The third-order valence-corrected chi connectivity index (χ3v) is 5.41. The first-order valence-corrected chi connectivity index (χ1v) is 9.28. The van der Waals surface area contributed by atoms with E-state index in [0.717, 1.165) is 25.3 Å². The van der Waals surface area contributed by atoms with E-state index in [4.69, 9.17) is 4.74 Å². The number of ether oxygens (including phenoxy) is 1. The van der Waals surface area contributed by atoms with Crippen molar-refractivity contribution in [2.24, 2.45) is 4.99 Å². The second kappa shape index (κ2) is 8.31. The van der Waals surface area contributed by atoms with E-state index in [1.807, 2.05) is 7.05 Å². The largest absolute Gasteiger partial charge is 0.373 e. The molecule has 3 rings (SSSR count). The summed E-state index contributed by atoms with van der Waals surface area (Å²) in [6, 6.07) is 0.445. The lowest BCUT2D eigenvalue weighted by Gasteiger charge is -2.23. The molecule has 2 bridgehead atoms. The van der Waals surface area contributed by atoms with E-state index in [1.54, 1.807) is 0 Å². The van der Waals surface area contributed by atoms with Gasteiger partial charge in [-0.15, -0.1) is 0 Å². The van der Waals surface area contributed by atoms with Gasteiger partial charge in [0.05, 0.1) is 18.2 Å². The molecule has 3 saturated heterocycles. The second-order valence-electron chi connectivity index (χ2n) is 7.21. The Hall–Kier alpha value is -0.850. The van der Waals surface area contributed by atoms with Crippen LogP contribution in [-0.2, 0) is 4.74 Å². The van der Waals surface area contributed by atoms with Crippen molar-refractivity contribution in [3.05, 3.63) is 0 Å². The summed E-state index contributed by atoms with van der Waals surface area (Å²) in [4.78, 5) is 9.38. The molecule has 6 nitrogen and oxygen atoms in total. The zero-order valence-corrected chi connectivity index (χ0v) is 14.8. The van der Waals surface area contributed by atoms with Crippen LogP contribution in [0.5, 0.6) is 0 Å². The van der Waals surface area contributed by atoms with Crippen molar-refractivity contribution in [3.63, 3.8) is 0 Å². The summed E-state index contributed by atoms with van der Waals surface area (Å²) in [5.41, 5.74) is 0. The Labute approximate surface area is 140 Å². The number of hydrogen-bond acceptors (Lipinski definition) is 4. The third-order valence-electron chi connectivity index (χ3n) is 5.41. The Morgan fingerprint density at radius 2 is 2.13 bits per heavy atom. The highest BCUT2D eigenvalue weighted by Crippen LogP contribution is 2.34. The third kappa shape index (κ3) is 4.81. The number of fused-ring (bicyclic) bond motifs is 2. The van der Waals surface area contributed by atoms with Crippen LogP contribution in [0.25, 0.3) is 0 Å². The molecule has 3 atom stereocenters. The minimum Gasteiger partial charge on any atom is -0.373 e. The van der Waals surface area contributed by atoms with Gasteiger partial charge in [-0.05, 0) is 58.8 Å². The van der Waals surface area contributed by atoms with Crippen LogP contribution < -0.4 is 10.6 Å². The van der Waals surface area contributed by atoms with Crippen LogP contribution in [0.2, 0.25) is 0 Å². The summed E-state index contributed by atoms with van der Waals surface area (Å²) in [6.45, 7) is 7.02. The van der Waals surface area contributed by atoms with Gasteiger partial charge in [0.15, 0.2) is 5.96 Å². The van der Waals surface area contributed by atoms with E-state index in [9.17, 15) is 0 Å². The van der Waals surface area contributed by atoms with Crippen molar-refractivity contribution in [1.29, 1.82) is 0 Å². The fraction of sp³-hybridized carbons (Fsp3) is 0.941. The summed E-state index contributed by atoms with van der Waals surface area (Å²) in [5.74, 6) is 0.932. The predicted octanol–water partition coefficient (Wildman–Crippen LogP) is 0.499. The summed E-state index contributed by atoms with van der Waals surface area (Å²) < 4.78 is 5.90. The fourth-order valence-corrected chi connectivity index (χ4v) is 3.99. The molecule has 0 radical (unpaired) electrons. The van der Waals surface area contributed by atoms with Gasteiger partial charge >= 0.3 is 0 Å². The lowest BCUT2D eigenvalue weighted by molar-refractivity contribution is 0.0992. The highest BCUT2D eigenvalue weighted by Gasteiger charge is 2.41. The van der Waals surface area contributed by atoms with Crippen molar-refractivity contribution in [1.82, 2.24) is 20.4 Å². The number of guanidine groups is 1. The van der Waals surface area contributed by atoms with Crippen LogP contribution in [0.4, 0.5) is 0 Å². The van der Waals surface area contributed by atoms with Crippen molar-refractivity contribution in [2.75, 3.05) is 53.4 Å².